The van der Waals surface area contributed by atoms with Crippen molar-refractivity contribution in [3.63, 3.8) is 0 Å². The molecule has 2 aromatic carbocycles. The molecule has 1 saturated carbocycles. The van der Waals surface area contributed by atoms with Gasteiger partial charge in [0.25, 0.3) is 0 Å². The summed E-state index contributed by atoms with van der Waals surface area (Å²) in [5, 5.41) is 1.62. The molecule has 0 saturated heterocycles. The average molecular weight is 280 g/mol. The Morgan fingerprint density at radius 3 is 2.35 bits per heavy atom. The van der Waals surface area contributed by atoms with E-state index in [1.54, 1.807) is 10.8 Å². The van der Waals surface area contributed by atoms with Crippen molar-refractivity contribution >= 4 is 14.7 Å². The average Bonchev–Trinajstić information content (AvgIpc) is 2.90. The Hall–Kier alpha value is -1.34. The van der Waals surface area contributed by atoms with Crippen LogP contribution >= 0.6 is 0 Å². The van der Waals surface area contributed by atoms with Crippen LogP contribution in [0.1, 0.15) is 37.7 Å². The smallest absolute Gasteiger partial charge is 0.0553 e. The highest BCUT2D eigenvalue weighted by atomic mass is 28.2. The zero-order valence-electron chi connectivity index (χ0n) is 12.4. The van der Waals surface area contributed by atoms with Crippen molar-refractivity contribution in [1.29, 1.82) is 0 Å². The maximum atomic E-state index is 2.54. The van der Waals surface area contributed by atoms with Gasteiger partial charge in [-0.15, -0.1) is 0 Å². The van der Waals surface area contributed by atoms with Crippen LogP contribution in [0.3, 0.4) is 0 Å². The molecule has 1 aliphatic rings. The van der Waals surface area contributed by atoms with Crippen molar-refractivity contribution in [1.82, 2.24) is 0 Å². The largest absolute Gasteiger partial charge is 0.0669 e. The van der Waals surface area contributed by atoms with E-state index in [2.05, 4.69) is 67.6 Å². The minimum absolute atomic E-state index is 0.134. The number of hydrogen-bond acceptors (Lipinski definition) is 0. The van der Waals surface area contributed by atoms with Crippen molar-refractivity contribution in [2.45, 2.75) is 38.1 Å². The molecule has 1 fully saturated rings. The second-order valence-electron chi connectivity index (χ2n) is 6.50. The van der Waals surface area contributed by atoms with Gasteiger partial charge in [-0.05, 0) is 29.7 Å². The van der Waals surface area contributed by atoms with Gasteiger partial charge in [-0.2, -0.15) is 0 Å². The predicted octanol–water partition coefficient (Wildman–Crippen LogP) is 3.87. The number of rotatable bonds is 4. The molecule has 20 heavy (non-hydrogen) atoms. The first-order chi connectivity index (χ1) is 9.78. The van der Waals surface area contributed by atoms with Crippen molar-refractivity contribution in [2.24, 2.45) is 5.41 Å². The summed E-state index contributed by atoms with van der Waals surface area (Å²) in [4.78, 5) is 0. The fourth-order valence-electron chi connectivity index (χ4n) is 3.86. The summed E-state index contributed by atoms with van der Waals surface area (Å²) in [7, 11) is -0.134. The Morgan fingerprint density at radius 1 is 1.00 bits per heavy atom. The molecular formula is C19H24Si. The molecule has 0 unspecified atom stereocenters. The normalized spacial score (nSPS) is 26.4. The molecule has 0 nitrogen and oxygen atoms in total. The topological polar surface area (TPSA) is 0 Å². The maximum Gasteiger partial charge on any atom is 0.0553 e. The summed E-state index contributed by atoms with van der Waals surface area (Å²) in [5.74, 6) is 0.778. The van der Waals surface area contributed by atoms with Gasteiger partial charge in [0.2, 0.25) is 0 Å². The first-order valence-electron chi connectivity index (χ1n) is 7.87. The van der Waals surface area contributed by atoms with Gasteiger partial charge in [0.05, 0.1) is 9.52 Å². The van der Waals surface area contributed by atoms with Crippen LogP contribution in [0.2, 0.25) is 6.04 Å². The summed E-state index contributed by atoms with van der Waals surface area (Å²) >= 11 is 0. The van der Waals surface area contributed by atoms with Crippen LogP contribution in [-0.4, -0.2) is 9.52 Å². The van der Waals surface area contributed by atoms with E-state index in [4.69, 9.17) is 0 Å². The SMILES string of the molecule is C[C@@]1(C[SiH2]c2ccccc2)CCC[C@H]1c1ccccc1. The highest BCUT2D eigenvalue weighted by Gasteiger charge is 2.38. The van der Waals surface area contributed by atoms with E-state index in [0.29, 0.717) is 5.41 Å². The lowest BCUT2D eigenvalue weighted by molar-refractivity contribution is 0.332. The molecule has 0 heterocycles. The Morgan fingerprint density at radius 2 is 1.65 bits per heavy atom. The lowest BCUT2D eigenvalue weighted by Crippen LogP contribution is -2.26. The molecule has 2 atom stereocenters. The van der Waals surface area contributed by atoms with Crippen LogP contribution in [0.25, 0.3) is 0 Å². The van der Waals surface area contributed by atoms with Gasteiger partial charge < -0.3 is 0 Å². The molecule has 0 aliphatic heterocycles. The maximum absolute atomic E-state index is 2.54. The van der Waals surface area contributed by atoms with Crippen LogP contribution < -0.4 is 5.19 Å². The molecule has 1 aliphatic carbocycles. The lowest BCUT2D eigenvalue weighted by atomic mass is 9.77. The van der Waals surface area contributed by atoms with Gasteiger partial charge >= 0.3 is 0 Å². The fourth-order valence-corrected chi connectivity index (χ4v) is 5.92. The molecular weight excluding hydrogens is 256 g/mol. The van der Waals surface area contributed by atoms with E-state index in [9.17, 15) is 0 Å². The molecule has 0 aromatic heterocycles. The molecule has 0 bridgehead atoms. The molecule has 0 spiro atoms. The van der Waals surface area contributed by atoms with Gasteiger partial charge in [-0.3, -0.25) is 0 Å². The van der Waals surface area contributed by atoms with Crippen LogP contribution in [0.5, 0.6) is 0 Å². The second-order valence-corrected chi connectivity index (χ2v) is 8.31. The first kappa shape index (κ1) is 13.6. The molecule has 2 aromatic rings. The summed E-state index contributed by atoms with van der Waals surface area (Å²) in [5.41, 5.74) is 2.10. The minimum atomic E-state index is -0.134. The molecule has 0 amide bonds. The van der Waals surface area contributed by atoms with Crippen LogP contribution in [-0.2, 0) is 0 Å². The van der Waals surface area contributed by atoms with Crippen molar-refractivity contribution in [3.05, 3.63) is 66.2 Å². The zero-order chi connectivity index (χ0) is 13.8. The summed E-state index contributed by atoms with van der Waals surface area (Å²) in [6.45, 7) is 2.54. The Balaban J connectivity index is 1.73. The summed E-state index contributed by atoms with van der Waals surface area (Å²) in [6, 6.07) is 23.8. The predicted molar refractivity (Wildman–Crippen MR) is 90.6 cm³/mol. The van der Waals surface area contributed by atoms with Crippen LogP contribution in [0.4, 0.5) is 0 Å². The van der Waals surface area contributed by atoms with Gasteiger partial charge in [-0.25, -0.2) is 0 Å². The Kier molecular flexibility index (Phi) is 4.07. The van der Waals surface area contributed by atoms with E-state index in [1.807, 2.05) is 0 Å². The number of hydrogen-bond donors (Lipinski definition) is 0. The summed E-state index contributed by atoms with van der Waals surface area (Å²) in [6.07, 6.45) is 4.19. The van der Waals surface area contributed by atoms with Crippen LogP contribution in [0.15, 0.2) is 60.7 Å². The zero-order valence-corrected chi connectivity index (χ0v) is 13.8. The quantitative estimate of drug-likeness (QED) is 0.746. The second kappa shape index (κ2) is 5.97. The highest BCUT2D eigenvalue weighted by molar-refractivity contribution is 6.53. The van der Waals surface area contributed by atoms with E-state index in [1.165, 1.54) is 25.3 Å². The molecule has 104 valence electrons. The van der Waals surface area contributed by atoms with Crippen molar-refractivity contribution in [2.75, 3.05) is 0 Å². The van der Waals surface area contributed by atoms with Gasteiger partial charge in [0, 0.05) is 0 Å². The Labute approximate surface area is 125 Å². The van der Waals surface area contributed by atoms with Crippen molar-refractivity contribution < 1.29 is 0 Å². The molecule has 0 N–H and O–H groups in total. The standard InChI is InChI=1S/C19H24Si/c1-19(15-20-17-11-6-3-7-12-17)14-8-13-18(19)16-9-4-2-5-10-16/h2-7,9-12,18H,8,13-15,20H2,1H3/t18-,19-/m0/s1. The lowest BCUT2D eigenvalue weighted by Gasteiger charge is -2.32. The Bertz CT molecular complexity index is 534. The van der Waals surface area contributed by atoms with Gasteiger partial charge in [-0.1, -0.05) is 85.2 Å². The van der Waals surface area contributed by atoms with E-state index in [-0.39, 0.29) is 9.52 Å². The third kappa shape index (κ3) is 2.88. The third-order valence-electron chi connectivity index (χ3n) is 5.11. The van der Waals surface area contributed by atoms with E-state index >= 15 is 0 Å². The minimum Gasteiger partial charge on any atom is -0.0669 e. The summed E-state index contributed by atoms with van der Waals surface area (Å²) < 4.78 is 0. The van der Waals surface area contributed by atoms with Gasteiger partial charge in [0.15, 0.2) is 0 Å². The third-order valence-corrected chi connectivity index (χ3v) is 7.55. The van der Waals surface area contributed by atoms with Crippen LogP contribution in [0, 0.1) is 5.41 Å². The van der Waals surface area contributed by atoms with E-state index < -0.39 is 0 Å². The van der Waals surface area contributed by atoms with Gasteiger partial charge in [0.1, 0.15) is 0 Å². The molecule has 1 heteroatoms. The highest BCUT2D eigenvalue weighted by Crippen LogP contribution is 2.51. The first-order valence-corrected chi connectivity index (χ1v) is 9.57. The molecule has 0 radical (unpaired) electrons. The molecule has 3 rings (SSSR count). The van der Waals surface area contributed by atoms with Crippen molar-refractivity contribution in [3.8, 4) is 0 Å². The monoisotopic (exact) mass is 280 g/mol. The fraction of sp³-hybridized carbons (Fsp3) is 0.368. The number of benzene rings is 2. The van der Waals surface area contributed by atoms with E-state index in [0.717, 1.165) is 5.92 Å².